The zero-order valence-corrected chi connectivity index (χ0v) is 14.9. The Morgan fingerprint density at radius 2 is 1.86 bits per heavy atom. The molecule has 22 heavy (non-hydrogen) atoms. The predicted octanol–water partition coefficient (Wildman–Crippen LogP) is 4.59. The Kier molecular flexibility index (Phi) is 5.30. The van der Waals surface area contributed by atoms with E-state index in [2.05, 4.69) is 41.9 Å². The van der Waals surface area contributed by atoms with E-state index in [-0.39, 0.29) is 5.69 Å². The van der Waals surface area contributed by atoms with E-state index in [4.69, 9.17) is 0 Å². The lowest BCUT2D eigenvalue weighted by Gasteiger charge is -2.08. The third-order valence-electron chi connectivity index (χ3n) is 2.58. The average Bonchev–Trinajstić information content (AvgIpc) is 2.81. The molecule has 0 aliphatic rings. The fourth-order valence-corrected chi connectivity index (χ4v) is 3.48. The second kappa shape index (κ2) is 6.84. The van der Waals surface area contributed by atoms with Crippen LogP contribution in [0.2, 0.25) is 0 Å². The minimum atomic E-state index is -1.07. The molecule has 0 atom stereocenters. The quantitative estimate of drug-likeness (QED) is 0.690. The van der Waals surface area contributed by atoms with Crippen LogP contribution in [0.1, 0.15) is 20.0 Å². The largest absolute Gasteiger partial charge is 0.465 e. The first-order chi connectivity index (χ1) is 10.3. The number of carbonyl (C=O) groups excluding carboxylic acids is 2. The van der Waals surface area contributed by atoms with Crippen molar-refractivity contribution >= 4 is 60.8 Å². The van der Waals surface area contributed by atoms with Crippen LogP contribution in [0.25, 0.3) is 0 Å². The summed E-state index contributed by atoms with van der Waals surface area (Å²) in [6, 6.07) is 2.96. The van der Waals surface area contributed by atoms with Crippen LogP contribution in [0.4, 0.5) is 14.5 Å². The average molecular weight is 455 g/mol. The van der Waals surface area contributed by atoms with Crippen LogP contribution in [-0.4, -0.2) is 19.0 Å². The minimum absolute atomic E-state index is 0.307. The molecule has 1 aromatic heterocycles. The number of carbonyl (C=O) groups is 2. The van der Waals surface area contributed by atoms with Crippen LogP contribution in [-0.2, 0) is 4.74 Å². The summed E-state index contributed by atoms with van der Waals surface area (Å²) in [6.45, 7) is 0. The molecule has 0 saturated carbocycles. The molecular weight excluding hydrogens is 448 g/mol. The molecule has 116 valence electrons. The van der Waals surface area contributed by atoms with Crippen molar-refractivity contribution in [3.8, 4) is 0 Å². The molecule has 9 heteroatoms. The number of benzene rings is 1. The van der Waals surface area contributed by atoms with Crippen LogP contribution in [0.5, 0.6) is 0 Å². The Morgan fingerprint density at radius 1 is 1.18 bits per heavy atom. The van der Waals surface area contributed by atoms with E-state index < -0.39 is 29.1 Å². The first-order valence-electron chi connectivity index (χ1n) is 5.67. The zero-order chi connectivity index (χ0) is 16.4. The molecule has 1 N–H and O–H groups in total. The van der Waals surface area contributed by atoms with Crippen molar-refractivity contribution in [1.82, 2.24) is 0 Å². The van der Waals surface area contributed by atoms with Crippen LogP contribution < -0.4 is 5.32 Å². The highest BCUT2D eigenvalue weighted by atomic mass is 79.9. The van der Waals surface area contributed by atoms with Crippen LogP contribution in [0, 0.1) is 11.6 Å². The van der Waals surface area contributed by atoms with Gasteiger partial charge in [0.1, 0.15) is 11.6 Å². The number of methoxy groups -OCH3 is 1. The van der Waals surface area contributed by atoms with Crippen LogP contribution in [0.15, 0.2) is 26.5 Å². The van der Waals surface area contributed by atoms with Gasteiger partial charge < -0.3 is 10.1 Å². The van der Waals surface area contributed by atoms with Crippen molar-refractivity contribution < 1.29 is 23.1 Å². The number of hydrogen-bond acceptors (Lipinski definition) is 4. The van der Waals surface area contributed by atoms with Crippen molar-refractivity contribution in [2.45, 2.75) is 0 Å². The Bertz CT molecular complexity index is 744. The normalized spacial score (nSPS) is 10.4. The lowest BCUT2D eigenvalue weighted by atomic mass is 10.1. The van der Waals surface area contributed by atoms with Crippen molar-refractivity contribution in [2.24, 2.45) is 0 Å². The van der Waals surface area contributed by atoms with E-state index >= 15 is 0 Å². The van der Waals surface area contributed by atoms with Gasteiger partial charge in [-0.2, -0.15) is 0 Å². The van der Waals surface area contributed by atoms with Gasteiger partial charge in [-0.1, -0.05) is 0 Å². The fourth-order valence-electron chi connectivity index (χ4n) is 1.55. The molecule has 0 aliphatic heterocycles. The Morgan fingerprint density at radius 3 is 2.41 bits per heavy atom. The molecule has 0 aliphatic carbocycles. The van der Waals surface area contributed by atoms with Gasteiger partial charge in [-0.05, 0) is 44.0 Å². The van der Waals surface area contributed by atoms with Crippen LogP contribution in [0.3, 0.4) is 0 Å². The first-order valence-corrected chi connectivity index (χ1v) is 8.07. The molecule has 0 unspecified atom stereocenters. The summed E-state index contributed by atoms with van der Waals surface area (Å²) in [7, 11) is 1.07. The van der Waals surface area contributed by atoms with Crippen molar-refractivity contribution in [1.29, 1.82) is 0 Å². The zero-order valence-electron chi connectivity index (χ0n) is 10.9. The highest BCUT2D eigenvalue weighted by Crippen LogP contribution is 2.33. The van der Waals surface area contributed by atoms with Gasteiger partial charge in [-0.25, -0.2) is 13.6 Å². The summed E-state index contributed by atoms with van der Waals surface area (Å²) < 4.78 is 33.0. The highest BCUT2D eigenvalue weighted by molar-refractivity contribution is 9.13. The SMILES string of the molecule is COC(=O)c1cc(NC(=O)c2cc(Br)c(Br)s2)c(F)cc1F. The molecule has 0 radical (unpaired) electrons. The number of amides is 1. The topological polar surface area (TPSA) is 55.4 Å². The maximum Gasteiger partial charge on any atom is 0.340 e. The molecule has 0 fully saturated rings. The van der Waals surface area contributed by atoms with E-state index in [1.807, 2.05) is 0 Å². The number of esters is 1. The van der Waals surface area contributed by atoms with Gasteiger partial charge in [0.2, 0.25) is 0 Å². The summed E-state index contributed by atoms with van der Waals surface area (Å²) >= 11 is 7.61. The maximum absolute atomic E-state index is 13.7. The predicted molar refractivity (Wildman–Crippen MR) is 85.4 cm³/mol. The molecule has 2 aromatic rings. The van der Waals surface area contributed by atoms with Gasteiger partial charge in [-0.15, -0.1) is 11.3 Å². The standard InChI is InChI=1S/C13H7Br2F2NO3S/c1-21-13(20)5-2-9(8(17)4-7(5)16)18-12(19)10-3-6(14)11(15)22-10/h2-4H,1H3,(H,18,19). The summed E-state index contributed by atoms with van der Waals surface area (Å²) in [4.78, 5) is 23.7. The van der Waals surface area contributed by atoms with E-state index in [1.165, 1.54) is 0 Å². The van der Waals surface area contributed by atoms with E-state index in [1.54, 1.807) is 6.07 Å². The highest BCUT2D eigenvalue weighted by Gasteiger charge is 2.19. The second-order valence-electron chi connectivity index (χ2n) is 3.99. The summed E-state index contributed by atoms with van der Waals surface area (Å²) in [5, 5.41) is 2.29. The van der Waals surface area contributed by atoms with Crippen molar-refractivity contribution in [3.05, 3.63) is 48.5 Å². The number of halogens is 4. The second-order valence-corrected chi connectivity index (χ2v) is 7.21. The Labute approximate surface area is 144 Å². The monoisotopic (exact) mass is 453 g/mol. The number of thiophene rings is 1. The summed E-state index contributed by atoms with van der Waals surface area (Å²) in [5.74, 6) is -3.61. The molecule has 1 amide bonds. The molecular formula is C13H7Br2F2NO3S. The third-order valence-corrected chi connectivity index (χ3v) is 5.83. The van der Waals surface area contributed by atoms with Gasteiger partial charge in [0, 0.05) is 10.5 Å². The van der Waals surface area contributed by atoms with Crippen LogP contribution >= 0.6 is 43.2 Å². The molecule has 0 saturated heterocycles. The molecule has 4 nitrogen and oxygen atoms in total. The van der Waals surface area contributed by atoms with Gasteiger partial charge in [0.05, 0.1) is 27.0 Å². The van der Waals surface area contributed by atoms with Gasteiger partial charge in [0.15, 0.2) is 0 Å². The molecule has 2 rings (SSSR count). The Balaban J connectivity index is 2.32. The Hall–Kier alpha value is -1.32. The summed E-state index contributed by atoms with van der Waals surface area (Å²) in [6.07, 6.45) is 0. The minimum Gasteiger partial charge on any atom is -0.465 e. The number of hydrogen-bond donors (Lipinski definition) is 1. The maximum atomic E-state index is 13.7. The molecule has 0 bridgehead atoms. The van der Waals surface area contributed by atoms with Crippen molar-refractivity contribution in [3.63, 3.8) is 0 Å². The molecule has 1 aromatic carbocycles. The smallest absolute Gasteiger partial charge is 0.340 e. The van der Waals surface area contributed by atoms with Gasteiger partial charge in [0.25, 0.3) is 5.91 Å². The number of nitrogens with one attached hydrogen (secondary N) is 1. The van der Waals surface area contributed by atoms with E-state index in [9.17, 15) is 18.4 Å². The fraction of sp³-hybridized carbons (Fsp3) is 0.0769. The van der Waals surface area contributed by atoms with Gasteiger partial charge in [-0.3, -0.25) is 4.79 Å². The van der Waals surface area contributed by atoms with E-state index in [0.717, 1.165) is 24.5 Å². The van der Waals surface area contributed by atoms with Crippen molar-refractivity contribution in [2.75, 3.05) is 12.4 Å². The molecule has 1 heterocycles. The lowest BCUT2D eigenvalue weighted by molar-refractivity contribution is 0.0595. The number of rotatable bonds is 3. The van der Waals surface area contributed by atoms with Gasteiger partial charge >= 0.3 is 5.97 Å². The van der Waals surface area contributed by atoms with E-state index in [0.29, 0.717) is 19.2 Å². The number of ether oxygens (including phenoxy) is 1. The first kappa shape index (κ1) is 17.0. The molecule has 0 spiro atoms. The number of anilines is 1. The third kappa shape index (κ3) is 3.53. The summed E-state index contributed by atoms with van der Waals surface area (Å²) in [5.41, 5.74) is -0.778. The lowest BCUT2D eigenvalue weighted by Crippen LogP contribution is -2.13.